The van der Waals surface area contributed by atoms with E-state index in [1.807, 2.05) is 6.07 Å². The van der Waals surface area contributed by atoms with Crippen molar-refractivity contribution >= 4 is 12.6 Å². The molecule has 0 aliphatic carbocycles. The summed E-state index contributed by atoms with van der Waals surface area (Å²) in [5.41, 5.74) is 1.45. The number of hydrogen-bond acceptors (Lipinski definition) is 3. The fourth-order valence-corrected chi connectivity index (χ4v) is 1.44. The molecule has 0 saturated carbocycles. The van der Waals surface area contributed by atoms with Crippen molar-refractivity contribution < 1.29 is 10.2 Å². The van der Waals surface area contributed by atoms with Gasteiger partial charge in [-0.05, 0) is 24.1 Å². The van der Waals surface area contributed by atoms with Crippen LogP contribution in [-0.4, -0.2) is 10.2 Å². The fourth-order valence-electron chi connectivity index (χ4n) is 1.16. The first-order valence-electron chi connectivity index (χ1n) is 3.76. The van der Waals surface area contributed by atoms with Gasteiger partial charge in [0, 0.05) is 4.90 Å². The van der Waals surface area contributed by atoms with Gasteiger partial charge in [0.05, 0.1) is 12.7 Å². The zero-order valence-corrected chi connectivity index (χ0v) is 7.75. The summed E-state index contributed by atoms with van der Waals surface area (Å²) in [6, 6.07) is 5.39. The van der Waals surface area contributed by atoms with E-state index in [0.29, 0.717) is 5.56 Å². The Hall–Kier alpha value is -0.510. The molecule has 0 aliphatic heterocycles. The minimum absolute atomic E-state index is 0.0834. The van der Waals surface area contributed by atoms with Crippen LogP contribution < -0.4 is 0 Å². The molecular weight excluding hydrogens is 172 g/mol. The molecule has 0 heterocycles. The van der Waals surface area contributed by atoms with Gasteiger partial charge in [0.15, 0.2) is 0 Å². The third-order valence-corrected chi connectivity index (χ3v) is 2.21. The molecule has 2 N–H and O–H groups in total. The topological polar surface area (TPSA) is 40.5 Å². The lowest BCUT2D eigenvalue weighted by Gasteiger charge is -2.11. The van der Waals surface area contributed by atoms with Crippen LogP contribution in [0.3, 0.4) is 0 Å². The van der Waals surface area contributed by atoms with Crippen molar-refractivity contribution in [2.45, 2.75) is 24.5 Å². The smallest absolute Gasteiger partial charge is 0.0765 e. The Labute approximate surface area is 77.3 Å². The first-order chi connectivity index (χ1) is 5.66. The third kappa shape index (κ3) is 1.80. The highest BCUT2D eigenvalue weighted by atomic mass is 32.1. The quantitative estimate of drug-likeness (QED) is 0.610. The van der Waals surface area contributed by atoms with Gasteiger partial charge in [0.25, 0.3) is 0 Å². The van der Waals surface area contributed by atoms with Crippen LogP contribution in [0.4, 0.5) is 0 Å². The summed E-state index contributed by atoms with van der Waals surface area (Å²) in [5.74, 6) is 0. The maximum Gasteiger partial charge on any atom is 0.0765 e. The highest BCUT2D eigenvalue weighted by Gasteiger charge is 2.08. The Morgan fingerprint density at radius 1 is 1.50 bits per heavy atom. The van der Waals surface area contributed by atoms with Gasteiger partial charge >= 0.3 is 0 Å². The second-order valence-electron chi connectivity index (χ2n) is 2.68. The lowest BCUT2D eigenvalue weighted by atomic mass is 10.0. The minimum Gasteiger partial charge on any atom is -0.392 e. The van der Waals surface area contributed by atoms with Crippen molar-refractivity contribution in [3.63, 3.8) is 0 Å². The highest BCUT2D eigenvalue weighted by molar-refractivity contribution is 7.80. The summed E-state index contributed by atoms with van der Waals surface area (Å²) in [7, 11) is 0. The predicted molar refractivity (Wildman–Crippen MR) is 50.3 cm³/mol. The monoisotopic (exact) mass is 184 g/mol. The molecule has 0 saturated heterocycles. The second-order valence-corrected chi connectivity index (χ2v) is 3.16. The van der Waals surface area contributed by atoms with Gasteiger partial charge in [-0.1, -0.05) is 12.1 Å². The van der Waals surface area contributed by atoms with E-state index in [1.54, 1.807) is 19.1 Å². The molecule has 0 aromatic heterocycles. The van der Waals surface area contributed by atoms with E-state index in [9.17, 15) is 5.11 Å². The van der Waals surface area contributed by atoms with Crippen molar-refractivity contribution in [2.24, 2.45) is 0 Å². The molecule has 66 valence electrons. The van der Waals surface area contributed by atoms with Gasteiger partial charge in [-0.15, -0.1) is 12.6 Å². The van der Waals surface area contributed by atoms with Crippen LogP contribution in [0, 0.1) is 0 Å². The maximum atomic E-state index is 9.32. The molecule has 12 heavy (non-hydrogen) atoms. The standard InChI is InChI=1S/C9H12O2S/c1-6(11)7-3-2-4-9(12)8(7)5-10/h2-4,6,10-12H,5H2,1H3. The largest absolute Gasteiger partial charge is 0.392 e. The van der Waals surface area contributed by atoms with E-state index in [-0.39, 0.29) is 6.61 Å². The van der Waals surface area contributed by atoms with Gasteiger partial charge in [0.2, 0.25) is 0 Å². The minimum atomic E-state index is -0.556. The predicted octanol–water partition coefficient (Wildman–Crippen LogP) is 1.52. The molecule has 0 aliphatic rings. The normalized spacial score (nSPS) is 13.0. The molecule has 0 fully saturated rings. The summed E-state index contributed by atoms with van der Waals surface area (Å²) in [6.45, 7) is 1.58. The average Bonchev–Trinajstić information content (AvgIpc) is 2.03. The summed E-state index contributed by atoms with van der Waals surface area (Å²) >= 11 is 4.17. The molecule has 3 heteroatoms. The Bertz CT molecular complexity index is 271. The average molecular weight is 184 g/mol. The Balaban J connectivity index is 3.18. The van der Waals surface area contributed by atoms with E-state index in [2.05, 4.69) is 12.6 Å². The number of hydrogen-bond donors (Lipinski definition) is 3. The molecule has 1 rings (SSSR count). The second kappa shape index (κ2) is 3.94. The highest BCUT2D eigenvalue weighted by Crippen LogP contribution is 2.23. The van der Waals surface area contributed by atoms with Gasteiger partial charge in [0.1, 0.15) is 0 Å². The van der Waals surface area contributed by atoms with Crippen molar-refractivity contribution in [1.29, 1.82) is 0 Å². The van der Waals surface area contributed by atoms with Crippen LogP contribution in [0.25, 0.3) is 0 Å². The van der Waals surface area contributed by atoms with Crippen LogP contribution in [0.15, 0.2) is 23.1 Å². The summed E-state index contributed by atoms with van der Waals surface area (Å²) in [6.07, 6.45) is -0.556. The zero-order chi connectivity index (χ0) is 9.14. The van der Waals surface area contributed by atoms with Crippen LogP contribution in [0.5, 0.6) is 0 Å². The van der Waals surface area contributed by atoms with E-state index in [4.69, 9.17) is 5.11 Å². The van der Waals surface area contributed by atoms with Crippen LogP contribution >= 0.6 is 12.6 Å². The zero-order valence-electron chi connectivity index (χ0n) is 6.86. The number of thiol groups is 1. The van der Waals surface area contributed by atoms with Gasteiger partial charge in [-0.3, -0.25) is 0 Å². The fraction of sp³-hybridized carbons (Fsp3) is 0.333. The lowest BCUT2D eigenvalue weighted by molar-refractivity contribution is 0.192. The molecule has 1 aromatic rings. The molecule has 0 spiro atoms. The summed E-state index contributed by atoms with van der Waals surface area (Å²) in [5, 5.41) is 18.3. The molecule has 2 nitrogen and oxygen atoms in total. The van der Waals surface area contributed by atoms with E-state index < -0.39 is 6.10 Å². The van der Waals surface area contributed by atoms with Crippen molar-refractivity contribution in [2.75, 3.05) is 0 Å². The number of aliphatic hydroxyl groups excluding tert-OH is 2. The molecular formula is C9H12O2S. The Morgan fingerprint density at radius 2 is 2.17 bits per heavy atom. The van der Waals surface area contributed by atoms with Crippen LogP contribution in [0.1, 0.15) is 24.2 Å². The van der Waals surface area contributed by atoms with Crippen molar-refractivity contribution in [3.05, 3.63) is 29.3 Å². The molecule has 0 radical (unpaired) electrons. The first kappa shape index (κ1) is 9.58. The number of rotatable bonds is 2. The van der Waals surface area contributed by atoms with E-state index in [1.165, 1.54) is 0 Å². The van der Waals surface area contributed by atoms with E-state index in [0.717, 1.165) is 10.5 Å². The van der Waals surface area contributed by atoms with Gasteiger partial charge < -0.3 is 10.2 Å². The summed E-state index contributed by atoms with van der Waals surface area (Å²) < 4.78 is 0. The van der Waals surface area contributed by atoms with Crippen LogP contribution in [-0.2, 0) is 6.61 Å². The number of aliphatic hydroxyl groups is 2. The van der Waals surface area contributed by atoms with Gasteiger partial charge in [-0.25, -0.2) is 0 Å². The van der Waals surface area contributed by atoms with E-state index >= 15 is 0 Å². The SMILES string of the molecule is CC(O)c1cccc(S)c1CO. The lowest BCUT2D eigenvalue weighted by Crippen LogP contribution is -1.99. The third-order valence-electron chi connectivity index (χ3n) is 1.80. The maximum absolute atomic E-state index is 9.32. The Morgan fingerprint density at radius 3 is 2.58 bits per heavy atom. The number of benzene rings is 1. The molecule has 0 amide bonds. The first-order valence-corrected chi connectivity index (χ1v) is 4.21. The molecule has 1 atom stereocenters. The Kier molecular flexibility index (Phi) is 3.14. The molecule has 1 aromatic carbocycles. The van der Waals surface area contributed by atoms with Crippen LogP contribution in [0.2, 0.25) is 0 Å². The summed E-state index contributed by atoms with van der Waals surface area (Å²) in [4.78, 5) is 0.718. The van der Waals surface area contributed by atoms with Crippen molar-refractivity contribution in [3.8, 4) is 0 Å². The molecule has 0 bridgehead atoms. The molecule has 1 unspecified atom stereocenters. The van der Waals surface area contributed by atoms with Gasteiger partial charge in [-0.2, -0.15) is 0 Å². The van der Waals surface area contributed by atoms with Crippen molar-refractivity contribution in [1.82, 2.24) is 0 Å².